The number of esters is 1. The summed E-state index contributed by atoms with van der Waals surface area (Å²) in [6.07, 6.45) is -2.70. The molecule has 0 fully saturated rings. The standard InChI is InChI=1S/C27H25Br2NO7S/c1-16(31)17-7-9-19(10-8-17)30-27(34)37-26(21-13-18(28)14-22(29)25(21)33)23(11-12-35-24(32)15-38)36-20-5-3-2-4-6-20/h2-10,13-14,23,26,33,38H,11-12,15H2,1H3,(H,30,34)/t23-,26-/m0/s1. The summed E-state index contributed by atoms with van der Waals surface area (Å²) in [7, 11) is 0. The fourth-order valence-electron chi connectivity index (χ4n) is 3.47. The van der Waals surface area contributed by atoms with Gasteiger partial charge < -0.3 is 19.3 Å². The van der Waals surface area contributed by atoms with Gasteiger partial charge in [0, 0.05) is 27.7 Å². The van der Waals surface area contributed by atoms with Crippen LogP contribution in [0.1, 0.15) is 35.4 Å². The van der Waals surface area contributed by atoms with E-state index in [1.165, 1.54) is 6.92 Å². The Kier molecular flexibility index (Phi) is 11.1. The van der Waals surface area contributed by atoms with Crippen molar-refractivity contribution < 1.29 is 33.7 Å². The van der Waals surface area contributed by atoms with Gasteiger partial charge in [-0.2, -0.15) is 12.6 Å². The number of ether oxygens (including phenoxy) is 3. The number of anilines is 1. The monoisotopic (exact) mass is 665 g/mol. The number of carbonyl (C=O) groups excluding carboxylic acids is 3. The number of ketones is 1. The number of amides is 1. The minimum atomic E-state index is -1.13. The zero-order valence-electron chi connectivity index (χ0n) is 20.2. The van der Waals surface area contributed by atoms with Crippen molar-refractivity contribution in [2.75, 3.05) is 17.7 Å². The summed E-state index contributed by atoms with van der Waals surface area (Å²) in [6, 6.07) is 18.5. The molecule has 3 aromatic rings. The van der Waals surface area contributed by atoms with E-state index in [1.54, 1.807) is 60.7 Å². The molecule has 0 aliphatic rings. The molecule has 2 N–H and O–H groups in total. The Morgan fingerprint density at radius 1 is 1.03 bits per heavy atom. The number of rotatable bonds is 11. The van der Waals surface area contributed by atoms with Gasteiger partial charge in [-0.3, -0.25) is 14.9 Å². The number of phenols is 1. The molecule has 0 bridgehead atoms. The molecule has 3 aromatic carbocycles. The van der Waals surface area contributed by atoms with E-state index in [4.69, 9.17) is 14.2 Å². The highest BCUT2D eigenvalue weighted by Gasteiger charge is 2.33. The van der Waals surface area contributed by atoms with E-state index in [1.807, 2.05) is 6.07 Å². The molecule has 0 heterocycles. The first-order valence-corrected chi connectivity index (χ1v) is 13.6. The van der Waals surface area contributed by atoms with Crippen LogP contribution in [0.4, 0.5) is 10.5 Å². The molecule has 0 unspecified atom stereocenters. The highest BCUT2D eigenvalue weighted by molar-refractivity contribution is 9.11. The molecule has 0 saturated carbocycles. The first kappa shape index (κ1) is 29.5. The number of hydrogen-bond donors (Lipinski definition) is 3. The number of benzene rings is 3. The molecule has 3 rings (SSSR count). The van der Waals surface area contributed by atoms with Gasteiger partial charge in [0.25, 0.3) is 0 Å². The van der Waals surface area contributed by atoms with Crippen LogP contribution in [-0.4, -0.2) is 41.4 Å². The van der Waals surface area contributed by atoms with Crippen LogP contribution in [-0.2, 0) is 14.3 Å². The van der Waals surface area contributed by atoms with Gasteiger partial charge in [-0.15, -0.1) is 0 Å². The maximum absolute atomic E-state index is 13.0. The quantitative estimate of drug-likeness (QED) is 0.118. The largest absolute Gasteiger partial charge is 0.506 e. The van der Waals surface area contributed by atoms with Crippen molar-refractivity contribution in [3.63, 3.8) is 0 Å². The van der Waals surface area contributed by atoms with Gasteiger partial charge >= 0.3 is 12.1 Å². The van der Waals surface area contributed by atoms with Crippen molar-refractivity contribution >= 4 is 68.0 Å². The summed E-state index contributed by atoms with van der Waals surface area (Å²) < 4.78 is 18.2. The lowest BCUT2D eigenvalue weighted by molar-refractivity contribution is -0.141. The fraction of sp³-hybridized carbons (Fsp3) is 0.222. The molecule has 200 valence electrons. The van der Waals surface area contributed by atoms with Crippen molar-refractivity contribution in [1.82, 2.24) is 0 Å². The van der Waals surface area contributed by atoms with E-state index in [2.05, 4.69) is 49.8 Å². The third-order valence-electron chi connectivity index (χ3n) is 5.30. The third kappa shape index (κ3) is 8.50. The summed E-state index contributed by atoms with van der Waals surface area (Å²) in [4.78, 5) is 36.2. The zero-order chi connectivity index (χ0) is 27.7. The lowest BCUT2D eigenvalue weighted by Crippen LogP contribution is -2.32. The predicted octanol–water partition coefficient (Wildman–Crippen LogP) is 6.72. The smallest absolute Gasteiger partial charge is 0.412 e. The van der Waals surface area contributed by atoms with Crippen molar-refractivity contribution in [1.29, 1.82) is 0 Å². The van der Waals surface area contributed by atoms with Crippen LogP contribution in [0.3, 0.4) is 0 Å². The summed E-state index contributed by atoms with van der Waals surface area (Å²) in [5.41, 5.74) is 1.16. The zero-order valence-corrected chi connectivity index (χ0v) is 24.3. The van der Waals surface area contributed by atoms with Crippen LogP contribution < -0.4 is 10.1 Å². The number of carbonyl (C=O) groups is 3. The Morgan fingerprint density at radius 2 is 1.71 bits per heavy atom. The number of Topliss-reactive ketones (excluding diaryl/α,β-unsaturated/α-hetero) is 1. The molecule has 0 aliphatic heterocycles. The number of nitrogens with one attached hydrogen (secondary N) is 1. The summed E-state index contributed by atoms with van der Waals surface area (Å²) >= 11 is 10.6. The second kappa shape index (κ2) is 14.2. The summed E-state index contributed by atoms with van der Waals surface area (Å²) in [5.74, 6) is -0.362. The molecule has 38 heavy (non-hydrogen) atoms. The molecular weight excluding hydrogens is 642 g/mol. The molecule has 0 saturated heterocycles. The van der Waals surface area contributed by atoms with Gasteiger partial charge in [0.2, 0.25) is 0 Å². The van der Waals surface area contributed by atoms with E-state index in [0.717, 1.165) is 0 Å². The van der Waals surface area contributed by atoms with Gasteiger partial charge in [-0.25, -0.2) is 4.79 Å². The first-order valence-electron chi connectivity index (χ1n) is 11.4. The van der Waals surface area contributed by atoms with Crippen LogP contribution in [0.5, 0.6) is 11.5 Å². The number of phenolic OH excluding ortho intramolecular Hbond substituents is 1. The molecule has 0 radical (unpaired) electrons. The van der Waals surface area contributed by atoms with Crippen LogP contribution in [0.2, 0.25) is 0 Å². The number of hydrogen-bond acceptors (Lipinski definition) is 8. The first-order chi connectivity index (χ1) is 18.2. The van der Waals surface area contributed by atoms with E-state index in [9.17, 15) is 19.5 Å². The predicted molar refractivity (Wildman–Crippen MR) is 153 cm³/mol. The Labute approximate surface area is 242 Å². The minimum Gasteiger partial charge on any atom is -0.506 e. The molecule has 8 nitrogen and oxygen atoms in total. The topological polar surface area (TPSA) is 111 Å². The number of aromatic hydroxyl groups is 1. The molecule has 2 atom stereocenters. The number of halogens is 2. The van der Waals surface area contributed by atoms with Gasteiger partial charge in [0.15, 0.2) is 11.9 Å². The molecule has 0 spiro atoms. The van der Waals surface area contributed by atoms with Crippen LogP contribution in [0, 0.1) is 0 Å². The molecule has 0 aromatic heterocycles. The highest BCUT2D eigenvalue weighted by Crippen LogP contribution is 2.39. The Balaban J connectivity index is 1.94. The minimum absolute atomic E-state index is 0.0409. The Morgan fingerprint density at radius 3 is 2.34 bits per heavy atom. The van der Waals surface area contributed by atoms with E-state index < -0.39 is 24.3 Å². The van der Waals surface area contributed by atoms with Crippen molar-refractivity contribution in [2.24, 2.45) is 0 Å². The Bertz CT molecular complexity index is 1270. The fourth-order valence-corrected chi connectivity index (χ4v) is 4.82. The third-order valence-corrected chi connectivity index (χ3v) is 6.62. The summed E-state index contributed by atoms with van der Waals surface area (Å²) in [6.45, 7) is 1.41. The van der Waals surface area contributed by atoms with E-state index in [-0.39, 0.29) is 35.9 Å². The van der Waals surface area contributed by atoms with Gasteiger partial charge in [-0.1, -0.05) is 34.1 Å². The molecule has 1 amide bonds. The number of para-hydroxylation sites is 1. The molecular formula is C27H25Br2NO7S. The van der Waals surface area contributed by atoms with E-state index >= 15 is 0 Å². The average molecular weight is 667 g/mol. The van der Waals surface area contributed by atoms with Crippen LogP contribution in [0.25, 0.3) is 0 Å². The van der Waals surface area contributed by atoms with E-state index in [0.29, 0.717) is 25.9 Å². The molecule has 11 heteroatoms. The van der Waals surface area contributed by atoms with Crippen LogP contribution >= 0.6 is 44.5 Å². The van der Waals surface area contributed by atoms with Gasteiger partial charge in [0.1, 0.15) is 17.6 Å². The summed E-state index contributed by atoms with van der Waals surface area (Å²) in [5, 5.41) is 13.5. The highest BCUT2D eigenvalue weighted by atomic mass is 79.9. The van der Waals surface area contributed by atoms with Crippen molar-refractivity contribution in [3.05, 3.63) is 86.8 Å². The van der Waals surface area contributed by atoms with Crippen molar-refractivity contribution in [2.45, 2.75) is 25.6 Å². The normalized spacial score (nSPS) is 12.2. The van der Waals surface area contributed by atoms with Gasteiger partial charge in [-0.05, 0) is 71.4 Å². The molecule has 0 aliphatic carbocycles. The lowest BCUT2D eigenvalue weighted by Gasteiger charge is -2.29. The number of thiol groups is 1. The Hall–Kier alpha value is -3.02. The van der Waals surface area contributed by atoms with Crippen LogP contribution in [0.15, 0.2) is 75.7 Å². The maximum atomic E-state index is 13.0. The van der Waals surface area contributed by atoms with Crippen molar-refractivity contribution in [3.8, 4) is 11.5 Å². The lowest BCUT2D eigenvalue weighted by atomic mass is 10.0. The maximum Gasteiger partial charge on any atom is 0.412 e. The second-order valence-corrected chi connectivity index (χ2v) is 10.1. The average Bonchev–Trinajstić information content (AvgIpc) is 2.89. The second-order valence-electron chi connectivity index (χ2n) is 8.05. The SMILES string of the molecule is CC(=O)c1ccc(NC(=O)O[C@@H](c2cc(Br)cc(Br)c2O)[C@H](CCOC(=O)CS)Oc2ccccc2)cc1. The van der Waals surface area contributed by atoms with Gasteiger partial charge in [0.05, 0.1) is 16.8 Å².